The Morgan fingerprint density at radius 2 is 1.78 bits per heavy atom. The number of halogens is 1. The summed E-state index contributed by atoms with van der Waals surface area (Å²) in [6, 6.07) is 10.6. The minimum absolute atomic E-state index is 0.102. The summed E-state index contributed by atoms with van der Waals surface area (Å²) in [5.74, 6) is -0.651. The van der Waals surface area contributed by atoms with E-state index >= 15 is 0 Å². The summed E-state index contributed by atoms with van der Waals surface area (Å²) in [4.78, 5) is 11.1. The molecule has 1 atom stereocenters. The van der Waals surface area contributed by atoms with E-state index in [2.05, 4.69) is 13.2 Å². The first kappa shape index (κ1) is 16.5. The van der Waals surface area contributed by atoms with Gasteiger partial charge in [0.05, 0.1) is 0 Å². The van der Waals surface area contributed by atoms with Crippen molar-refractivity contribution in [2.75, 3.05) is 0 Å². The summed E-state index contributed by atoms with van der Waals surface area (Å²) >= 11 is 0. The largest absolute Gasteiger partial charge is 0.461 e. The van der Waals surface area contributed by atoms with Crippen LogP contribution in [-0.2, 0) is 4.79 Å². The maximum Gasteiger partial charge on any atom is 0.335 e. The molecule has 0 saturated heterocycles. The summed E-state index contributed by atoms with van der Waals surface area (Å²) in [7, 11) is 0. The highest BCUT2D eigenvalue weighted by atomic mass is 19.1. The van der Waals surface area contributed by atoms with E-state index in [0.717, 1.165) is 12.1 Å². The van der Waals surface area contributed by atoms with Crippen molar-refractivity contribution < 1.29 is 23.8 Å². The molecular formula is C18H15FO4. The number of hydrogen-bond donors (Lipinski definition) is 1. The highest BCUT2D eigenvalue weighted by molar-refractivity contribution is 5.83. The minimum Gasteiger partial charge on any atom is -0.461 e. The van der Waals surface area contributed by atoms with Crippen molar-refractivity contribution in [3.63, 3.8) is 0 Å². The molecule has 0 aliphatic rings. The van der Waals surface area contributed by atoms with Gasteiger partial charge in [0.2, 0.25) is 6.29 Å². The van der Waals surface area contributed by atoms with E-state index in [1.54, 1.807) is 24.3 Å². The van der Waals surface area contributed by atoms with Gasteiger partial charge in [-0.1, -0.05) is 25.3 Å². The quantitative estimate of drug-likeness (QED) is 0.292. The molecule has 0 heterocycles. The minimum atomic E-state index is -1.10. The van der Waals surface area contributed by atoms with Crippen LogP contribution in [0.2, 0.25) is 0 Å². The SMILES string of the molecule is C=CC(=O)Oc1ccc(-c2ccc(OC(O)C=C)cc2)c(F)c1. The van der Waals surface area contributed by atoms with Crippen LogP contribution in [-0.4, -0.2) is 17.4 Å². The molecule has 118 valence electrons. The molecule has 5 heteroatoms. The van der Waals surface area contributed by atoms with Gasteiger partial charge < -0.3 is 14.6 Å². The second kappa shape index (κ2) is 7.38. The van der Waals surface area contributed by atoms with Crippen molar-refractivity contribution in [2.45, 2.75) is 6.29 Å². The van der Waals surface area contributed by atoms with Gasteiger partial charge in [-0.3, -0.25) is 0 Å². The number of ether oxygens (including phenoxy) is 2. The van der Waals surface area contributed by atoms with Crippen molar-refractivity contribution in [1.82, 2.24) is 0 Å². The molecule has 0 radical (unpaired) electrons. The van der Waals surface area contributed by atoms with Gasteiger partial charge in [0, 0.05) is 17.7 Å². The van der Waals surface area contributed by atoms with Gasteiger partial charge in [-0.25, -0.2) is 9.18 Å². The van der Waals surface area contributed by atoms with E-state index in [0.29, 0.717) is 16.9 Å². The van der Waals surface area contributed by atoms with E-state index in [4.69, 9.17) is 9.47 Å². The molecule has 1 N–H and O–H groups in total. The van der Waals surface area contributed by atoms with E-state index in [9.17, 15) is 14.3 Å². The highest BCUT2D eigenvalue weighted by Crippen LogP contribution is 2.28. The number of carbonyl (C=O) groups is 1. The second-order valence-corrected chi connectivity index (χ2v) is 4.54. The zero-order valence-corrected chi connectivity index (χ0v) is 12.2. The lowest BCUT2D eigenvalue weighted by atomic mass is 10.0. The number of aliphatic hydroxyl groups is 1. The Kier molecular flexibility index (Phi) is 5.28. The molecule has 2 rings (SSSR count). The van der Waals surface area contributed by atoms with E-state index in [-0.39, 0.29) is 5.75 Å². The first-order chi connectivity index (χ1) is 11.0. The summed E-state index contributed by atoms with van der Waals surface area (Å²) < 4.78 is 24.1. The van der Waals surface area contributed by atoms with Gasteiger partial charge >= 0.3 is 5.97 Å². The summed E-state index contributed by atoms with van der Waals surface area (Å²) in [5, 5.41) is 9.32. The van der Waals surface area contributed by atoms with Crippen LogP contribution in [0.15, 0.2) is 67.8 Å². The zero-order valence-electron chi connectivity index (χ0n) is 12.2. The van der Waals surface area contributed by atoms with Crippen LogP contribution < -0.4 is 9.47 Å². The lowest BCUT2D eigenvalue weighted by Crippen LogP contribution is -2.10. The maximum atomic E-state index is 14.2. The average Bonchev–Trinajstić information content (AvgIpc) is 2.55. The van der Waals surface area contributed by atoms with Crippen molar-refractivity contribution in [3.8, 4) is 22.6 Å². The molecule has 0 bridgehead atoms. The number of hydrogen-bond acceptors (Lipinski definition) is 4. The molecule has 0 amide bonds. The van der Waals surface area contributed by atoms with Crippen LogP contribution in [0.5, 0.6) is 11.5 Å². The molecule has 2 aromatic rings. The first-order valence-corrected chi connectivity index (χ1v) is 6.75. The summed E-state index contributed by atoms with van der Waals surface area (Å²) in [6.07, 6.45) is 1.15. The fourth-order valence-electron chi connectivity index (χ4n) is 1.85. The second-order valence-electron chi connectivity index (χ2n) is 4.54. The first-order valence-electron chi connectivity index (χ1n) is 6.75. The molecule has 0 aromatic heterocycles. The normalized spacial score (nSPS) is 11.4. The molecule has 4 nitrogen and oxygen atoms in total. The number of carbonyl (C=O) groups excluding carboxylic acids is 1. The summed E-state index contributed by atoms with van der Waals surface area (Å²) in [6.45, 7) is 6.68. The number of benzene rings is 2. The summed E-state index contributed by atoms with van der Waals surface area (Å²) in [5.41, 5.74) is 0.962. The Morgan fingerprint density at radius 1 is 1.13 bits per heavy atom. The Labute approximate surface area is 133 Å². The Morgan fingerprint density at radius 3 is 2.35 bits per heavy atom. The van der Waals surface area contributed by atoms with Crippen LogP contribution in [0.25, 0.3) is 11.1 Å². The van der Waals surface area contributed by atoms with Crippen LogP contribution in [0, 0.1) is 5.82 Å². The van der Waals surface area contributed by atoms with Gasteiger partial charge in [0.15, 0.2) is 0 Å². The van der Waals surface area contributed by atoms with Crippen molar-refractivity contribution in [2.24, 2.45) is 0 Å². The maximum absolute atomic E-state index is 14.2. The Hall–Kier alpha value is -2.92. The third-order valence-electron chi connectivity index (χ3n) is 2.95. The third kappa shape index (κ3) is 4.28. The van der Waals surface area contributed by atoms with Crippen LogP contribution in [0.1, 0.15) is 0 Å². The molecule has 2 aromatic carbocycles. The van der Waals surface area contributed by atoms with E-state index in [1.807, 2.05) is 0 Å². The predicted octanol–water partition coefficient (Wildman–Crippen LogP) is 3.47. The predicted molar refractivity (Wildman–Crippen MR) is 84.5 cm³/mol. The Bertz CT molecular complexity index is 722. The van der Waals surface area contributed by atoms with Gasteiger partial charge in [0.25, 0.3) is 0 Å². The standard InChI is InChI=1S/C18H15FO4/c1-3-17(20)22-13-7-5-12(6-8-13)15-10-9-14(11-16(15)19)23-18(21)4-2/h3-11,17,20H,1-2H2. The Balaban J connectivity index is 2.19. The van der Waals surface area contributed by atoms with Gasteiger partial charge in [-0.05, 0) is 35.9 Å². The molecule has 1 unspecified atom stereocenters. The molecule has 23 heavy (non-hydrogen) atoms. The van der Waals surface area contributed by atoms with Crippen molar-refractivity contribution in [1.29, 1.82) is 0 Å². The third-order valence-corrected chi connectivity index (χ3v) is 2.95. The molecule has 0 aliphatic heterocycles. The smallest absolute Gasteiger partial charge is 0.335 e. The molecule has 0 aliphatic carbocycles. The fourth-order valence-corrected chi connectivity index (χ4v) is 1.85. The number of rotatable bonds is 6. The van der Waals surface area contributed by atoms with Crippen molar-refractivity contribution in [3.05, 3.63) is 73.6 Å². The lowest BCUT2D eigenvalue weighted by Gasteiger charge is -2.10. The topological polar surface area (TPSA) is 55.8 Å². The molecular weight excluding hydrogens is 299 g/mol. The van der Waals surface area contributed by atoms with Crippen molar-refractivity contribution >= 4 is 5.97 Å². The number of esters is 1. The zero-order chi connectivity index (χ0) is 16.8. The van der Waals surface area contributed by atoms with E-state index < -0.39 is 18.1 Å². The molecule has 0 spiro atoms. The monoisotopic (exact) mass is 314 g/mol. The fraction of sp³-hybridized carbons (Fsp3) is 0.0556. The highest BCUT2D eigenvalue weighted by Gasteiger charge is 2.09. The lowest BCUT2D eigenvalue weighted by molar-refractivity contribution is -0.128. The number of aliphatic hydroxyl groups excluding tert-OH is 1. The van der Waals surface area contributed by atoms with Gasteiger partial charge in [0.1, 0.15) is 17.3 Å². The van der Waals surface area contributed by atoms with Gasteiger partial charge in [-0.15, -0.1) is 0 Å². The van der Waals surface area contributed by atoms with Crippen LogP contribution >= 0.6 is 0 Å². The molecule has 0 saturated carbocycles. The van der Waals surface area contributed by atoms with E-state index in [1.165, 1.54) is 18.2 Å². The average molecular weight is 314 g/mol. The van der Waals surface area contributed by atoms with Crippen LogP contribution in [0.4, 0.5) is 4.39 Å². The van der Waals surface area contributed by atoms with Gasteiger partial charge in [-0.2, -0.15) is 0 Å². The molecule has 0 fully saturated rings. The van der Waals surface area contributed by atoms with Crippen LogP contribution in [0.3, 0.4) is 0 Å².